The first-order valence-corrected chi connectivity index (χ1v) is 8.66. The number of nitrogens with one attached hydrogen (secondary N) is 1. The molecule has 0 bridgehead atoms. The van der Waals surface area contributed by atoms with E-state index in [0.717, 1.165) is 6.42 Å². The van der Waals surface area contributed by atoms with Crippen molar-refractivity contribution in [3.63, 3.8) is 0 Å². The van der Waals surface area contributed by atoms with Gasteiger partial charge in [-0.3, -0.25) is 0 Å². The summed E-state index contributed by atoms with van der Waals surface area (Å²) >= 11 is 1.67. The number of rotatable bonds is 6. The second-order valence-electron chi connectivity index (χ2n) is 4.59. The van der Waals surface area contributed by atoms with E-state index in [1.807, 2.05) is 11.4 Å². The molecule has 1 N–H and O–H groups in total. The van der Waals surface area contributed by atoms with Gasteiger partial charge in [-0.15, -0.1) is 0 Å². The minimum Gasteiger partial charge on any atom is -0.384 e. The van der Waals surface area contributed by atoms with Crippen LogP contribution in [0.4, 0.5) is 5.69 Å². The first-order valence-electron chi connectivity index (χ1n) is 6.28. The summed E-state index contributed by atoms with van der Waals surface area (Å²) in [5, 5.41) is 7.35. The van der Waals surface area contributed by atoms with Crippen LogP contribution >= 0.6 is 11.3 Å². The average Bonchev–Trinajstić information content (AvgIpc) is 2.92. The Balaban J connectivity index is 2.12. The monoisotopic (exact) mass is 310 g/mol. The molecule has 2 rings (SSSR count). The van der Waals surface area contributed by atoms with E-state index in [4.69, 9.17) is 0 Å². The Labute approximate surface area is 124 Å². The Morgan fingerprint density at radius 2 is 1.95 bits per heavy atom. The van der Waals surface area contributed by atoms with Crippen molar-refractivity contribution in [1.29, 1.82) is 0 Å². The van der Waals surface area contributed by atoms with E-state index in [1.165, 1.54) is 24.0 Å². The second kappa shape index (κ2) is 6.39. The Morgan fingerprint density at radius 1 is 1.20 bits per heavy atom. The SMILES string of the molecule is CN(C)S(=O)(=O)c1ccccc1NCCc1ccsc1. The molecule has 0 aliphatic heterocycles. The molecule has 0 atom stereocenters. The van der Waals surface area contributed by atoms with Crippen LogP contribution in [0.15, 0.2) is 46.0 Å². The number of benzene rings is 1. The number of nitrogens with zero attached hydrogens (tertiary/aromatic N) is 1. The summed E-state index contributed by atoms with van der Waals surface area (Å²) in [6.07, 6.45) is 0.875. The summed E-state index contributed by atoms with van der Waals surface area (Å²) in [5.74, 6) is 0. The highest BCUT2D eigenvalue weighted by Gasteiger charge is 2.20. The van der Waals surface area contributed by atoms with Gasteiger partial charge in [0.2, 0.25) is 10.0 Å². The van der Waals surface area contributed by atoms with Crippen LogP contribution in [0.25, 0.3) is 0 Å². The first-order chi connectivity index (χ1) is 9.51. The van der Waals surface area contributed by atoms with Crippen LogP contribution in [0, 0.1) is 0 Å². The van der Waals surface area contributed by atoms with Crippen molar-refractivity contribution in [2.75, 3.05) is 26.0 Å². The van der Waals surface area contributed by atoms with Gasteiger partial charge in [-0.25, -0.2) is 12.7 Å². The third kappa shape index (κ3) is 3.39. The fraction of sp³-hybridized carbons (Fsp3) is 0.286. The quantitative estimate of drug-likeness (QED) is 0.892. The number of thiophene rings is 1. The van der Waals surface area contributed by atoms with E-state index < -0.39 is 10.0 Å². The highest BCUT2D eigenvalue weighted by atomic mass is 32.2. The minimum absolute atomic E-state index is 0.315. The average molecular weight is 310 g/mol. The van der Waals surface area contributed by atoms with E-state index in [-0.39, 0.29) is 0 Å². The standard InChI is InChI=1S/C14H18N2O2S2/c1-16(2)20(17,18)14-6-4-3-5-13(14)15-9-7-12-8-10-19-11-12/h3-6,8,10-11,15H,7,9H2,1-2H3. The maximum Gasteiger partial charge on any atom is 0.244 e. The third-order valence-electron chi connectivity index (χ3n) is 2.95. The molecule has 2 aromatic rings. The molecule has 108 valence electrons. The third-order valence-corrected chi connectivity index (χ3v) is 5.56. The van der Waals surface area contributed by atoms with Crippen molar-refractivity contribution in [2.45, 2.75) is 11.3 Å². The lowest BCUT2D eigenvalue weighted by atomic mass is 10.2. The Hall–Kier alpha value is -1.37. The molecule has 0 aliphatic carbocycles. The van der Waals surface area contributed by atoms with Crippen molar-refractivity contribution in [3.05, 3.63) is 46.7 Å². The summed E-state index contributed by atoms with van der Waals surface area (Å²) < 4.78 is 25.7. The molecule has 0 aliphatic rings. The van der Waals surface area contributed by atoms with Crippen LogP contribution in [0.1, 0.15) is 5.56 Å². The fourth-order valence-corrected chi connectivity index (χ4v) is 3.58. The normalized spacial score (nSPS) is 11.8. The highest BCUT2D eigenvalue weighted by Crippen LogP contribution is 2.23. The molecule has 20 heavy (non-hydrogen) atoms. The zero-order chi connectivity index (χ0) is 14.6. The summed E-state index contributed by atoms with van der Waals surface area (Å²) in [5.41, 5.74) is 1.91. The predicted octanol–water partition coefficient (Wildman–Crippen LogP) is 2.65. The molecular formula is C14H18N2O2S2. The van der Waals surface area contributed by atoms with Gasteiger partial charge < -0.3 is 5.32 Å². The van der Waals surface area contributed by atoms with Gasteiger partial charge in [-0.05, 0) is 40.9 Å². The molecule has 0 unspecified atom stereocenters. The maximum atomic E-state index is 12.2. The van der Waals surface area contributed by atoms with Crippen LogP contribution in [0.5, 0.6) is 0 Å². The molecule has 1 aromatic carbocycles. The van der Waals surface area contributed by atoms with Gasteiger partial charge >= 0.3 is 0 Å². The molecule has 6 heteroatoms. The molecular weight excluding hydrogens is 292 g/mol. The summed E-state index contributed by atoms with van der Waals surface area (Å²) in [6.45, 7) is 0.705. The molecule has 0 amide bonds. The lowest BCUT2D eigenvalue weighted by Crippen LogP contribution is -2.23. The summed E-state index contributed by atoms with van der Waals surface area (Å²) in [6, 6.07) is 9.07. The van der Waals surface area contributed by atoms with E-state index in [9.17, 15) is 8.42 Å². The maximum absolute atomic E-state index is 12.2. The van der Waals surface area contributed by atoms with E-state index in [2.05, 4.69) is 16.8 Å². The largest absolute Gasteiger partial charge is 0.384 e. The van der Waals surface area contributed by atoms with Gasteiger partial charge in [-0.2, -0.15) is 11.3 Å². The predicted molar refractivity (Wildman–Crippen MR) is 83.8 cm³/mol. The topological polar surface area (TPSA) is 49.4 Å². The lowest BCUT2D eigenvalue weighted by Gasteiger charge is -2.16. The van der Waals surface area contributed by atoms with Crippen LogP contribution < -0.4 is 5.32 Å². The minimum atomic E-state index is -3.42. The molecule has 1 aromatic heterocycles. The van der Waals surface area contributed by atoms with Gasteiger partial charge in [0.25, 0.3) is 0 Å². The second-order valence-corrected chi connectivity index (χ2v) is 7.49. The summed E-state index contributed by atoms with van der Waals surface area (Å²) in [7, 11) is -0.341. The summed E-state index contributed by atoms with van der Waals surface area (Å²) in [4.78, 5) is 0.315. The van der Waals surface area contributed by atoms with Gasteiger partial charge in [0.1, 0.15) is 4.90 Å². The van der Waals surface area contributed by atoms with Crippen molar-refractivity contribution in [2.24, 2.45) is 0 Å². The van der Waals surface area contributed by atoms with Crippen LogP contribution in [-0.2, 0) is 16.4 Å². The Kier molecular flexibility index (Phi) is 4.80. The number of anilines is 1. The fourth-order valence-electron chi connectivity index (χ4n) is 1.81. The van der Waals surface area contributed by atoms with Gasteiger partial charge in [0.15, 0.2) is 0 Å². The van der Waals surface area contributed by atoms with Crippen molar-refractivity contribution in [1.82, 2.24) is 4.31 Å². The van der Waals surface area contributed by atoms with Crippen LogP contribution in [-0.4, -0.2) is 33.4 Å². The number of sulfonamides is 1. The lowest BCUT2D eigenvalue weighted by molar-refractivity contribution is 0.521. The molecule has 4 nitrogen and oxygen atoms in total. The number of para-hydroxylation sites is 1. The highest BCUT2D eigenvalue weighted by molar-refractivity contribution is 7.89. The van der Waals surface area contributed by atoms with Crippen molar-refractivity contribution >= 4 is 27.0 Å². The molecule has 0 saturated heterocycles. The number of hydrogen-bond donors (Lipinski definition) is 1. The molecule has 0 radical (unpaired) electrons. The molecule has 0 saturated carbocycles. The first kappa shape index (κ1) is 15.0. The van der Waals surface area contributed by atoms with E-state index >= 15 is 0 Å². The van der Waals surface area contributed by atoms with Gasteiger partial charge in [0.05, 0.1) is 5.69 Å². The van der Waals surface area contributed by atoms with E-state index in [1.54, 1.807) is 29.5 Å². The Bertz CT molecular complexity index is 650. The van der Waals surface area contributed by atoms with E-state index in [0.29, 0.717) is 17.1 Å². The van der Waals surface area contributed by atoms with Crippen LogP contribution in [0.2, 0.25) is 0 Å². The van der Waals surface area contributed by atoms with Gasteiger partial charge in [0, 0.05) is 20.6 Å². The zero-order valence-electron chi connectivity index (χ0n) is 11.5. The molecule has 1 heterocycles. The van der Waals surface area contributed by atoms with Crippen molar-refractivity contribution in [3.8, 4) is 0 Å². The molecule has 0 spiro atoms. The molecule has 0 fully saturated rings. The zero-order valence-corrected chi connectivity index (χ0v) is 13.2. The number of hydrogen-bond acceptors (Lipinski definition) is 4. The van der Waals surface area contributed by atoms with Crippen LogP contribution in [0.3, 0.4) is 0 Å². The Morgan fingerprint density at radius 3 is 2.60 bits per heavy atom. The smallest absolute Gasteiger partial charge is 0.244 e. The van der Waals surface area contributed by atoms with Crippen molar-refractivity contribution < 1.29 is 8.42 Å². The van der Waals surface area contributed by atoms with Gasteiger partial charge in [-0.1, -0.05) is 12.1 Å².